The normalized spacial score (nSPS) is 10.9. The van der Waals surface area contributed by atoms with Gasteiger partial charge in [0.15, 0.2) is 0 Å². The highest BCUT2D eigenvalue weighted by molar-refractivity contribution is 5.92. The molecule has 0 aliphatic rings. The number of rotatable bonds is 6. The van der Waals surface area contributed by atoms with Crippen molar-refractivity contribution in [3.63, 3.8) is 0 Å². The maximum atomic E-state index is 12.0. The molecule has 1 amide bonds. The van der Waals surface area contributed by atoms with Gasteiger partial charge in [-0.15, -0.1) is 0 Å². The van der Waals surface area contributed by atoms with Gasteiger partial charge in [-0.05, 0) is 37.9 Å². The molecule has 0 saturated carbocycles. The number of amides is 1. The van der Waals surface area contributed by atoms with Crippen molar-refractivity contribution in [2.45, 2.75) is 13.1 Å². The van der Waals surface area contributed by atoms with Crippen LogP contribution in [0, 0.1) is 0 Å². The Labute approximate surface area is 153 Å². The molecule has 3 aromatic rings. The van der Waals surface area contributed by atoms with Gasteiger partial charge in [0, 0.05) is 31.9 Å². The summed E-state index contributed by atoms with van der Waals surface area (Å²) >= 11 is 0. The molecule has 2 aromatic heterocycles. The summed E-state index contributed by atoms with van der Waals surface area (Å²) in [5.74, 6) is -0.173. The number of hydrogen-bond acceptors (Lipinski definition) is 4. The van der Waals surface area contributed by atoms with E-state index in [2.05, 4.69) is 26.4 Å². The van der Waals surface area contributed by atoms with Crippen molar-refractivity contribution in [2.75, 3.05) is 14.1 Å². The highest BCUT2D eigenvalue weighted by atomic mass is 16.1. The van der Waals surface area contributed by atoms with Gasteiger partial charge in [0.1, 0.15) is 5.69 Å². The van der Waals surface area contributed by atoms with E-state index in [4.69, 9.17) is 0 Å². The Balaban J connectivity index is 1.64. The SMILES string of the molecule is CN(C)Cc1cc(-c2ccc(CNC(=O)c3ccccn3)cc2)nn1C. The van der Waals surface area contributed by atoms with Crippen LogP contribution in [0.2, 0.25) is 0 Å². The molecule has 6 nitrogen and oxygen atoms in total. The van der Waals surface area contributed by atoms with Crippen LogP contribution in [-0.2, 0) is 20.1 Å². The van der Waals surface area contributed by atoms with Crippen LogP contribution in [-0.4, -0.2) is 39.7 Å². The molecule has 6 heteroatoms. The predicted molar refractivity (Wildman–Crippen MR) is 101 cm³/mol. The molecule has 2 heterocycles. The third-order valence-corrected chi connectivity index (χ3v) is 4.06. The largest absolute Gasteiger partial charge is 0.347 e. The molecule has 26 heavy (non-hydrogen) atoms. The van der Waals surface area contributed by atoms with E-state index in [1.165, 1.54) is 0 Å². The van der Waals surface area contributed by atoms with Crippen LogP contribution in [0.4, 0.5) is 0 Å². The number of pyridine rings is 1. The predicted octanol–water partition coefficient (Wildman–Crippen LogP) is 2.47. The summed E-state index contributed by atoms with van der Waals surface area (Å²) in [5.41, 5.74) is 4.63. The summed E-state index contributed by atoms with van der Waals surface area (Å²) in [6.45, 7) is 1.31. The van der Waals surface area contributed by atoms with E-state index in [1.807, 2.05) is 50.1 Å². The van der Waals surface area contributed by atoms with Crippen LogP contribution in [0.1, 0.15) is 21.7 Å². The first-order valence-electron chi connectivity index (χ1n) is 8.49. The van der Waals surface area contributed by atoms with E-state index in [0.29, 0.717) is 12.2 Å². The lowest BCUT2D eigenvalue weighted by Gasteiger charge is -2.08. The molecule has 0 bridgehead atoms. The lowest BCUT2D eigenvalue weighted by atomic mass is 10.1. The first-order chi connectivity index (χ1) is 12.5. The number of aryl methyl sites for hydroxylation is 1. The van der Waals surface area contributed by atoms with Crippen molar-refractivity contribution < 1.29 is 4.79 Å². The lowest BCUT2D eigenvalue weighted by Crippen LogP contribution is -2.23. The van der Waals surface area contributed by atoms with Gasteiger partial charge >= 0.3 is 0 Å². The van der Waals surface area contributed by atoms with E-state index in [1.54, 1.807) is 24.4 Å². The van der Waals surface area contributed by atoms with Crippen molar-refractivity contribution in [3.05, 3.63) is 71.7 Å². The van der Waals surface area contributed by atoms with E-state index in [-0.39, 0.29) is 5.91 Å². The smallest absolute Gasteiger partial charge is 0.270 e. The van der Waals surface area contributed by atoms with Gasteiger partial charge in [-0.1, -0.05) is 30.3 Å². The summed E-state index contributed by atoms with van der Waals surface area (Å²) < 4.78 is 1.91. The fourth-order valence-corrected chi connectivity index (χ4v) is 2.68. The highest BCUT2D eigenvalue weighted by Crippen LogP contribution is 2.20. The molecular weight excluding hydrogens is 326 g/mol. The fourth-order valence-electron chi connectivity index (χ4n) is 2.68. The summed E-state index contributed by atoms with van der Waals surface area (Å²) in [4.78, 5) is 18.2. The zero-order valence-corrected chi connectivity index (χ0v) is 15.3. The van der Waals surface area contributed by atoms with E-state index in [9.17, 15) is 4.79 Å². The Morgan fingerprint density at radius 2 is 1.92 bits per heavy atom. The molecule has 0 spiro atoms. The van der Waals surface area contributed by atoms with Gasteiger partial charge in [0.05, 0.1) is 11.4 Å². The monoisotopic (exact) mass is 349 g/mol. The van der Waals surface area contributed by atoms with E-state index < -0.39 is 0 Å². The van der Waals surface area contributed by atoms with Crippen LogP contribution in [0.25, 0.3) is 11.3 Å². The number of carbonyl (C=O) groups excluding carboxylic acids is 1. The van der Waals surface area contributed by atoms with E-state index >= 15 is 0 Å². The molecule has 0 saturated heterocycles. The Hall–Kier alpha value is -2.99. The molecule has 0 aliphatic carbocycles. The van der Waals surface area contributed by atoms with Crippen molar-refractivity contribution in [2.24, 2.45) is 7.05 Å². The quantitative estimate of drug-likeness (QED) is 0.743. The second-order valence-corrected chi connectivity index (χ2v) is 6.48. The third kappa shape index (κ3) is 4.34. The van der Waals surface area contributed by atoms with Crippen molar-refractivity contribution in [1.29, 1.82) is 0 Å². The molecule has 3 rings (SSSR count). The molecule has 0 aliphatic heterocycles. The first-order valence-corrected chi connectivity index (χ1v) is 8.49. The zero-order valence-electron chi connectivity index (χ0n) is 15.3. The Morgan fingerprint density at radius 3 is 2.58 bits per heavy atom. The van der Waals surface area contributed by atoms with Crippen molar-refractivity contribution in [1.82, 2.24) is 25.0 Å². The van der Waals surface area contributed by atoms with Gasteiger partial charge in [-0.2, -0.15) is 5.10 Å². The Bertz CT molecular complexity index is 869. The highest BCUT2D eigenvalue weighted by Gasteiger charge is 2.09. The molecule has 0 unspecified atom stereocenters. The average molecular weight is 349 g/mol. The molecule has 0 atom stereocenters. The number of aromatic nitrogens is 3. The topological polar surface area (TPSA) is 63.1 Å². The summed E-state index contributed by atoms with van der Waals surface area (Å²) in [5, 5.41) is 7.47. The van der Waals surface area contributed by atoms with Crippen LogP contribution in [0.5, 0.6) is 0 Å². The van der Waals surface area contributed by atoms with Gasteiger partial charge in [0.2, 0.25) is 0 Å². The minimum atomic E-state index is -0.173. The van der Waals surface area contributed by atoms with Crippen molar-refractivity contribution in [3.8, 4) is 11.3 Å². The standard InChI is InChI=1S/C20H23N5O/c1-24(2)14-17-12-19(23-25(17)3)16-9-7-15(8-10-16)13-22-20(26)18-6-4-5-11-21-18/h4-12H,13-14H2,1-3H3,(H,22,26). The minimum absolute atomic E-state index is 0.173. The number of carbonyl (C=O) groups is 1. The molecule has 1 aromatic carbocycles. The molecule has 1 N–H and O–H groups in total. The summed E-state index contributed by atoms with van der Waals surface area (Å²) in [7, 11) is 6.05. The second-order valence-electron chi connectivity index (χ2n) is 6.48. The first kappa shape index (κ1) is 17.8. The molecular formula is C20H23N5O. The van der Waals surface area contributed by atoms with Crippen LogP contribution < -0.4 is 5.32 Å². The fraction of sp³-hybridized carbons (Fsp3) is 0.250. The molecule has 134 valence electrons. The van der Waals surface area contributed by atoms with Crippen LogP contribution in [0.15, 0.2) is 54.7 Å². The zero-order chi connectivity index (χ0) is 18.5. The maximum absolute atomic E-state index is 12.0. The Kier molecular flexibility index (Phi) is 5.43. The third-order valence-electron chi connectivity index (χ3n) is 4.06. The molecule has 0 radical (unpaired) electrons. The number of hydrogen-bond donors (Lipinski definition) is 1. The summed E-state index contributed by atoms with van der Waals surface area (Å²) in [6.07, 6.45) is 1.61. The second kappa shape index (κ2) is 7.93. The Morgan fingerprint density at radius 1 is 1.15 bits per heavy atom. The lowest BCUT2D eigenvalue weighted by molar-refractivity contribution is 0.0946. The van der Waals surface area contributed by atoms with Gasteiger partial charge in [0.25, 0.3) is 5.91 Å². The summed E-state index contributed by atoms with van der Waals surface area (Å²) in [6, 6.07) is 15.5. The average Bonchev–Trinajstić information content (AvgIpc) is 3.00. The molecule has 0 fully saturated rings. The maximum Gasteiger partial charge on any atom is 0.270 e. The van der Waals surface area contributed by atoms with Gasteiger partial charge < -0.3 is 10.2 Å². The van der Waals surface area contributed by atoms with Crippen LogP contribution >= 0.6 is 0 Å². The van der Waals surface area contributed by atoms with Gasteiger partial charge in [-0.3, -0.25) is 14.5 Å². The number of nitrogens with zero attached hydrogens (tertiary/aromatic N) is 4. The number of benzene rings is 1. The van der Waals surface area contributed by atoms with Crippen LogP contribution in [0.3, 0.4) is 0 Å². The minimum Gasteiger partial charge on any atom is -0.347 e. The van der Waals surface area contributed by atoms with Gasteiger partial charge in [-0.25, -0.2) is 0 Å². The number of nitrogens with one attached hydrogen (secondary N) is 1. The van der Waals surface area contributed by atoms with E-state index in [0.717, 1.165) is 29.1 Å². The van der Waals surface area contributed by atoms with Crippen molar-refractivity contribution >= 4 is 5.91 Å².